The zero-order chi connectivity index (χ0) is 19.7. The van der Waals surface area contributed by atoms with Gasteiger partial charge in [-0.1, -0.05) is 11.2 Å². The number of hydrogen-bond donors (Lipinski definition) is 1. The molecule has 1 amide bonds. The van der Waals surface area contributed by atoms with Gasteiger partial charge in [0.1, 0.15) is 23.3 Å². The third-order valence-electron chi connectivity index (χ3n) is 5.13. The first-order valence-corrected chi connectivity index (χ1v) is 9.34. The highest BCUT2D eigenvalue weighted by molar-refractivity contribution is 5.95. The Morgan fingerprint density at radius 2 is 2.18 bits per heavy atom. The molecular formula is C20H23N5O3. The summed E-state index contributed by atoms with van der Waals surface area (Å²) in [5.74, 6) is 1.27. The fraction of sp³-hybridized carbons (Fsp3) is 0.400. The maximum atomic E-state index is 12.9. The average molecular weight is 381 g/mol. The number of amides is 1. The summed E-state index contributed by atoms with van der Waals surface area (Å²) in [5.41, 5.74) is 2.98. The van der Waals surface area contributed by atoms with Crippen LogP contribution >= 0.6 is 0 Å². The summed E-state index contributed by atoms with van der Waals surface area (Å²) in [5, 5.41) is 7.83. The van der Waals surface area contributed by atoms with Crippen LogP contribution in [0.2, 0.25) is 0 Å². The molecule has 4 rings (SSSR count). The second kappa shape index (κ2) is 7.46. The first-order chi connectivity index (χ1) is 13.6. The number of benzene rings is 1. The van der Waals surface area contributed by atoms with E-state index in [0.29, 0.717) is 23.7 Å². The van der Waals surface area contributed by atoms with Gasteiger partial charge in [0.2, 0.25) is 5.91 Å². The molecule has 0 radical (unpaired) electrons. The number of hydrogen-bond acceptors (Lipinski definition) is 7. The van der Waals surface area contributed by atoms with Gasteiger partial charge in [-0.25, -0.2) is 4.98 Å². The van der Waals surface area contributed by atoms with Crippen LogP contribution < -0.4 is 15.0 Å². The van der Waals surface area contributed by atoms with Crippen molar-refractivity contribution in [1.29, 1.82) is 0 Å². The molecule has 3 heterocycles. The first-order valence-electron chi connectivity index (χ1n) is 9.34. The van der Waals surface area contributed by atoms with E-state index in [9.17, 15) is 4.79 Å². The standard InChI is InChI=1S/C20H23N5O3/c1-12-6-7-16(27-3)15(9-12)23-19(26)14-5-4-8-25(10-14)18-17-13(2)24-28-20(17)22-11-21-18/h6-7,9,11,14H,4-5,8,10H2,1-3H3,(H,23,26)/t14-/m1/s1. The van der Waals surface area contributed by atoms with E-state index in [1.165, 1.54) is 6.33 Å². The maximum absolute atomic E-state index is 12.9. The number of aromatic nitrogens is 3. The monoisotopic (exact) mass is 381 g/mol. The third-order valence-corrected chi connectivity index (χ3v) is 5.13. The van der Waals surface area contributed by atoms with Crippen LogP contribution in [0.3, 0.4) is 0 Å². The molecule has 0 aliphatic carbocycles. The summed E-state index contributed by atoms with van der Waals surface area (Å²) < 4.78 is 10.6. The number of ether oxygens (including phenoxy) is 1. The maximum Gasteiger partial charge on any atom is 0.263 e. The zero-order valence-corrected chi connectivity index (χ0v) is 16.2. The van der Waals surface area contributed by atoms with E-state index < -0.39 is 0 Å². The Labute approximate surface area is 162 Å². The van der Waals surface area contributed by atoms with Gasteiger partial charge < -0.3 is 19.5 Å². The number of anilines is 2. The number of methoxy groups -OCH3 is 1. The van der Waals surface area contributed by atoms with Crippen LogP contribution in [-0.4, -0.2) is 41.2 Å². The van der Waals surface area contributed by atoms with Crippen molar-refractivity contribution in [3.8, 4) is 5.75 Å². The van der Waals surface area contributed by atoms with E-state index in [0.717, 1.165) is 41.8 Å². The van der Waals surface area contributed by atoms with Gasteiger partial charge in [0.05, 0.1) is 24.4 Å². The van der Waals surface area contributed by atoms with E-state index in [1.54, 1.807) is 7.11 Å². The molecule has 2 aromatic heterocycles. The molecule has 146 valence electrons. The van der Waals surface area contributed by atoms with E-state index in [2.05, 4.69) is 25.3 Å². The summed E-state index contributed by atoms with van der Waals surface area (Å²) in [6.45, 7) is 5.26. The van der Waals surface area contributed by atoms with Gasteiger partial charge >= 0.3 is 0 Å². The Bertz CT molecular complexity index is 1020. The highest BCUT2D eigenvalue weighted by Crippen LogP contribution is 2.31. The van der Waals surface area contributed by atoms with E-state index >= 15 is 0 Å². The van der Waals surface area contributed by atoms with Gasteiger partial charge in [-0.3, -0.25) is 4.79 Å². The minimum absolute atomic E-state index is 0.0130. The van der Waals surface area contributed by atoms with Gasteiger partial charge in [0.15, 0.2) is 0 Å². The molecule has 1 aliphatic heterocycles. The van der Waals surface area contributed by atoms with Crippen molar-refractivity contribution < 1.29 is 14.1 Å². The molecule has 0 unspecified atom stereocenters. The Balaban J connectivity index is 1.55. The average Bonchev–Trinajstić information content (AvgIpc) is 3.09. The number of rotatable bonds is 4. The van der Waals surface area contributed by atoms with Crippen molar-refractivity contribution in [2.24, 2.45) is 5.92 Å². The Morgan fingerprint density at radius 3 is 3.00 bits per heavy atom. The molecule has 0 spiro atoms. The molecule has 8 nitrogen and oxygen atoms in total. The molecule has 0 saturated carbocycles. The van der Waals surface area contributed by atoms with E-state index in [4.69, 9.17) is 9.26 Å². The first kappa shape index (κ1) is 18.2. The summed E-state index contributed by atoms with van der Waals surface area (Å²) >= 11 is 0. The molecule has 1 aliphatic rings. The molecule has 1 N–H and O–H groups in total. The molecule has 1 atom stereocenters. The highest BCUT2D eigenvalue weighted by atomic mass is 16.5. The zero-order valence-electron chi connectivity index (χ0n) is 16.2. The molecular weight excluding hydrogens is 358 g/mol. The van der Waals surface area contributed by atoms with Crippen molar-refractivity contribution in [1.82, 2.24) is 15.1 Å². The fourth-order valence-electron chi connectivity index (χ4n) is 3.68. The third kappa shape index (κ3) is 3.37. The Kier molecular flexibility index (Phi) is 4.85. The number of fused-ring (bicyclic) bond motifs is 1. The lowest BCUT2D eigenvalue weighted by molar-refractivity contribution is -0.120. The highest BCUT2D eigenvalue weighted by Gasteiger charge is 2.29. The van der Waals surface area contributed by atoms with E-state index in [-0.39, 0.29) is 11.8 Å². The van der Waals surface area contributed by atoms with Gasteiger partial charge in [-0.15, -0.1) is 0 Å². The SMILES string of the molecule is COc1ccc(C)cc1NC(=O)[C@@H]1CCCN(c2ncnc3onc(C)c23)C1. The Hall–Kier alpha value is -3.16. The number of carbonyl (C=O) groups is 1. The Morgan fingerprint density at radius 1 is 1.32 bits per heavy atom. The van der Waals surface area contributed by atoms with Gasteiger partial charge in [0.25, 0.3) is 5.71 Å². The predicted molar refractivity (Wildman–Crippen MR) is 106 cm³/mol. The molecule has 1 aromatic carbocycles. The summed E-state index contributed by atoms with van der Waals surface area (Å²) in [4.78, 5) is 23.6. The molecule has 0 bridgehead atoms. The fourth-order valence-corrected chi connectivity index (χ4v) is 3.68. The van der Waals surface area contributed by atoms with Crippen LogP contribution in [0, 0.1) is 19.8 Å². The van der Waals surface area contributed by atoms with Crippen LogP contribution in [-0.2, 0) is 4.79 Å². The van der Waals surface area contributed by atoms with Crippen molar-refractivity contribution in [2.75, 3.05) is 30.4 Å². The lowest BCUT2D eigenvalue weighted by atomic mass is 9.96. The van der Waals surface area contributed by atoms with Gasteiger partial charge in [-0.2, -0.15) is 4.98 Å². The number of piperidine rings is 1. The lowest BCUT2D eigenvalue weighted by Crippen LogP contribution is -2.41. The largest absolute Gasteiger partial charge is 0.495 e. The summed E-state index contributed by atoms with van der Waals surface area (Å²) in [7, 11) is 1.60. The normalized spacial score (nSPS) is 17.0. The van der Waals surface area contributed by atoms with Crippen molar-refractivity contribution in [2.45, 2.75) is 26.7 Å². The molecule has 28 heavy (non-hydrogen) atoms. The summed E-state index contributed by atoms with van der Waals surface area (Å²) in [6.07, 6.45) is 3.20. The van der Waals surface area contributed by atoms with Crippen LogP contribution in [0.1, 0.15) is 24.1 Å². The summed E-state index contributed by atoms with van der Waals surface area (Å²) in [6, 6.07) is 5.74. The molecule has 8 heteroatoms. The van der Waals surface area contributed by atoms with Crippen molar-refractivity contribution in [3.63, 3.8) is 0 Å². The van der Waals surface area contributed by atoms with Crippen LogP contribution in [0.15, 0.2) is 29.0 Å². The van der Waals surface area contributed by atoms with Crippen molar-refractivity contribution >= 4 is 28.5 Å². The topological polar surface area (TPSA) is 93.4 Å². The second-order valence-corrected chi connectivity index (χ2v) is 7.12. The molecule has 1 fully saturated rings. The molecule has 1 saturated heterocycles. The molecule has 3 aromatic rings. The minimum atomic E-state index is -0.149. The smallest absolute Gasteiger partial charge is 0.263 e. The number of nitrogens with one attached hydrogen (secondary N) is 1. The van der Waals surface area contributed by atoms with Gasteiger partial charge in [-0.05, 0) is 44.4 Å². The number of aryl methyl sites for hydroxylation is 2. The quantitative estimate of drug-likeness (QED) is 0.742. The van der Waals surface area contributed by atoms with Gasteiger partial charge in [0, 0.05) is 13.1 Å². The second-order valence-electron chi connectivity index (χ2n) is 7.12. The predicted octanol–water partition coefficient (Wildman–Crippen LogP) is 3.10. The minimum Gasteiger partial charge on any atom is -0.495 e. The van der Waals surface area contributed by atoms with E-state index in [1.807, 2.05) is 32.0 Å². The lowest BCUT2D eigenvalue weighted by Gasteiger charge is -2.33. The van der Waals surface area contributed by atoms with Crippen LogP contribution in [0.25, 0.3) is 11.1 Å². The number of carbonyl (C=O) groups excluding carboxylic acids is 1. The van der Waals surface area contributed by atoms with Crippen molar-refractivity contribution in [3.05, 3.63) is 35.8 Å². The number of nitrogens with zero attached hydrogens (tertiary/aromatic N) is 4. The van der Waals surface area contributed by atoms with Crippen LogP contribution in [0.4, 0.5) is 11.5 Å². The van der Waals surface area contributed by atoms with Crippen LogP contribution in [0.5, 0.6) is 5.75 Å².